The summed E-state index contributed by atoms with van der Waals surface area (Å²) in [5.74, 6) is 0.665. The molecule has 8 heteroatoms. The highest BCUT2D eigenvalue weighted by Gasteiger charge is 2.28. The number of carbonyl (C=O) groups is 1. The van der Waals surface area contributed by atoms with Crippen LogP contribution in [-0.4, -0.2) is 44.5 Å². The molecule has 6 nitrogen and oxygen atoms in total. The summed E-state index contributed by atoms with van der Waals surface area (Å²) in [5, 5.41) is 0.819. The fourth-order valence-corrected chi connectivity index (χ4v) is 4.44. The van der Waals surface area contributed by atoms with Crippen molar-refractivity contribution in [3.63, 3.8) is 0 Å². The summed E-state index contributed by atoms with van der Waals surface area (Å²) >= 11 is 4.89. The molecule has 1 fully saturated rings. The van der Waals surface area contributed by atoms with E-state index in [2.05, 4.69) is 25.9 Å². The molecule has 4 rings (SSSR count). The predicted octanol–water partition coefficient (Wildman–Crippen LogP) is 4.08. The van der Waals surface area contributed by atoms with Crippen LogP contribution in [0.25, 0.3) is 5.13 Å². The molecule has 0 atom stereocenters. The predicted molar refractivity (Wildman–Crippen MR) is 108 cm³/mol. The molecule has 1 saturated heterocycles. The second-order valence-electron chi connectivity index (χ2n) is 6.40. The number of aryl methyl sites for hydroxylation is 1. The zero-order valence-corrected chi connectivity index (χ0v) is 17.2. The van der Waals surface area contributed by atoms with Crippen LogP contribution in [0.1, 0.15) is 28.2 Å². The number of carbonyl (C=O) groups excluding carboxylic acids is 1. The number of halogens is 1. The molecule has 0 aromatic carbocycles. The average molecular weight is 447 g/mol. The van der Waals surface area contributed by atoms with E-state index in [1.54, 1.807) is 6.20 Å². The van der Waals surface area contributed by atoms with E-state index >= 15 is 0 Å². The van der Waals surface area contributed by atoms with Crippen molar-refractivity contribution in [1.82, 2.24) is 19.4 Å². The maximum absolute atomic E-state index is 12.9. The number of ether oxygens (including phenoxy) is 1. The molecule has 27 heavy (non-hydrogen) atoms. The van der Waals surface area contributed by atoms with Gasteiger partial charge in [-0.1, -0.05) is 11.3 Å². The third-order valence-electron chi connectivity index (χ3n) is 4.54. The van der Waals surface area contributed by atoms with E-state index < -0.39 is 0 Å². The van der Waals surface area contributed by atoms with E-state index in [4.69, 9.17) is 4.74 Å². The van der Waals surface area contributed by atoms with Gasteiger partial charge in [-0.25, -0.2) is 9.97 Å². The van der Waals surface area contributed by atoms with Gasteiger partial charge in [0.25, 0.3) is 5.91 Å². The lowest BCUT2D eigenvalue weighted by Crippen LogP contribution is -2.41. The van der Waals surface area contributed by atoms with Crippen LogP contribution in [0.5, 0.6) is 5.88 Å². The fourth-order valence-electron chi connectivity index (χ4n) is 3.09. The maximum atomic E-state index is 12.9. The molecule has 140 valence electrons. The summed E-state index contributed by atoms with van der Waals surface area (Å²) in [6.07, 6.45) is 7.23. The van der Waals surface area contributed by atoms with Gasteiger partial charge < -0.3 is 14.2 Å². The van der Waals surface area contributed by atoms with Crippen LogP contribution in [0, 0.1) is 6.92 Å². The zero-order chi connectivity index (χ0) is 18.8. The minimum absolute atomic E-state index is 0.0564. The smallest absolute Gasteiger partial charge is 0.265 e. The Morgan fingerprint density at radius 3 is 2.70 bits per heavy atom. The first kappa shape index (κ1) is 18.2. The monoisotopic (exact) mass is 446 g/mol. The normalized spacial score (nSPS) is 15.1. The highest BCUT2D eigenvalue weighted by Crippen LogP contribution is 2.27. The van der Waals surface area contributed by atoms with Crippen molar-refractivity contribution >= 4 is 33.2 Å². The Hall–Kier alpha value is -2.19. The number of piperidine rings is 1. The number of pyridine rings is 1. The molecule has 3 aromatic heterocycles. The van der Waals surface area contributed by atoms with E-state index in [0.717, 1.165) is 28.1 Å². The van der Waals surface area contributed by atoms with E-state index in [9.17, 15) is 4.79 Å². The van der Waals surface area contributed by atoms with Gasteiger partial charge in [-0.3, -0.25) is 4.79 Å². The Morgan fingerprint density at radius 2 is 2.00 bits per heavy atom. The molecule has 0 spiro atoms. The van der Waals surface area contributed by atoms with Crippen LogP contribution < -0.4 is 4.74 Å². The molecule has 1 aliphatic rings. The van der Waals surface area contributed by atoms with Gasteiger partial charge in [0, 0.05) is 44.5 Å². The third-order valence-corrected chi connectivity index (χ3v) is 6.30. The number of nitrogens with zero attached hydrogens (tertiary/aromatic N) is 4. The van der Waals surface area contributed by atoms with Gasteiger partial charge in [0.2, 0.25) is 5.88 Å². The first-order valence-electron chi connectivity index (χ1n) is 8.79. The van der Waals surface area contributed by atoms with Crippen molar-refractivity contribution in [1.29, 1.82) is 0 Å². The summed E-state index contributed by atoms with van der Waals surface area (Å²) in [6, 6.07) is 7.67. The minimum Gasteiger partial charge on any atom is -0.473 e. The van der Waals surface area contributed by atoms with Gasteiger partial charge in [-0.15, -0.1) is 0 Å². The summed E-state index contributed by atoms with van der Waals surface area (Å²) in [4.78, 5) is 24.4. The lowest BCUT2D eigenvalue weighted by molar-refractivity contribution is 0.0590. The number of hydrogen-bond donors (Lipinski definition) is 0. The van der Waals surface area contributed by atoms with Crippen LogP contribution in [0.15, 0.2) is 47.3 Å². The van der Waals surface area contributed by atoms with E-state index in [1.807, 2.05) is 53.0 Å². The summed E-state index contributed by atoms with van der Waals surface area (Å²) < 4.78 is 8.77. The standard InChI is InChI=1S/C19H19BrN4O2S/c1-13-16(27-19(22-13)24-9-2-3-10-24)18(25)23-11-6-14(7-12-23)26-17-15(20)5-4-8-21-17/h2-5,8-10,14H,6-7,11-12H2,1H3. The SMILES string of the molecule is Cc1nc(-n2cccc2)sc1C(=O)N1CCC(Oc2ncccc2Br)CC1. The lowest BCUT2D eigenvalue weighted by Gasteiger charge is -2.31. The maximum Gasteiger partial charge on any atom is 0.265 e. The van der Waals surface area contributed by atoms with E-state index in [1.165, 1.54) is 11.3 Å². The van der Waals surface area contributed by atoms with Gasteiger partial charge in [0.05, 0.1) is 10.2 Å². The average Bonchev–Trinajstić information content (AvgIpc) is 3.33. The van der Waals surface area contributed by atoms with Crippen molar-refractivity contribution in [2.45, 2.75) is 25.9 Å². The topological polar surface area (TPSA) is 60.2 Å². The molecule has 0 unspecified atom stereocenters. The van der Waals surface area contributed by atoms with Gasteiger partial charge in [0.15, 0.2) is 5.13 Å². The second-order valence-corrected chi connectivity index (χ2v) is 8.23. The minimum atomic E-state index is 0.0564. The Kier molecular flexibility index (Phi) is 5.27. The molecule has 0 bridgehead atoms. The molecule has 3 aromatic rings. The van der Waals surface area contributed by atoms with Crippen LogP contribution in [-0.2, 0) is 0 Å². The Labute approximate surface area is 169 Å². The number of thiazole rings is 1. The molecule has 0 N–H and O–H groups in total. The quantitative estimate of drug-likeness (QED) is 0.605. The van der Waals surface area contributed by atoms with Crippen LogP contribution in [0.4, 0.5) is 0 Å². The molecule has 4 heterocycles. The highest BCUT2D eigenvalue weighted by atomic mass is 79.9. The summed E-state index contributed by atoms with van der Waals surface area (Å²) in [5.41, 5.74) is 0.782. The zero-order valence-electron chi connectivity index (χ0n) is 14.8. The first-order valence-corrected chi connectivity index (χ1v) is 10.4. The molecular weight excluding hydrogens is 428 g/mol. The van der Waals surface area contributed by atoms with Crippen LogP contribution >= 0.6 is 27.3 Å². The molecule has 0 radical (unpaired) electrons. The summed E-state index contributed by atoms with van der Waals surface area (Å²) in [7, 11) is 0. The molecule has 0 saturated carbocycles. The number of hydrogen-bond acceptors (Lipinski definition) is 5. The Bertz CT molecular complexity index is 933. The molecule has 1 aliphatic heterocycles. The first-order chi connectivity index (χ1) is 13.1. The molecule has 0 aliphatic carbocycles. The van der Waals surface area contributed by atoms with Crippen molar-refractivity contribution < 1.29 is 9.53 Å². The number of amides is 1. The highest BCUT2D eigenvalue weighted by molar-refractivity contribution is 9.10. The molecular formula is C19H19BrN4O2S. The largest absolute Gasteiger partial charge is 0.473 e. The third kappa shape index (κ3) is 3.91. The van der Waals surface area contributed by atoms with Gasteiger partial charge in [-0.05, 0) is 47.1 Å². The number of rotatable bonds is 4. The number of aromatic nitrogens is 3. The second kappa shape index (κ2) is 7.82. The van der Waals surface area contributed by atoms with Crippen molar-refractivity contribution in [2.75, 3.05) is 13.1 Å². The number of likely N-dealkylation sites (tertiary alicyclic amines) is 1. The Balaban J connectivity index is 1.40. The van der Waals surface area contributed by atoms with E-state index in [0.29, 0.717) is 23.8 Å². The van der Waals surface area contributed by atoms with Crippen molar-refractivity contribution in [3.05, 3.63) is 57.9 Å². The van der Waals surface area contributed by atoms with Crippen LogP contribution in [0.2, 0.25) is 0 Å². The Morgan fingerprint density at radius 1 is 1.26 bits per heavy atom. The lowest BCUT2D eigenvalue weighted by atomic mass is 10.1. The van der Waals surface area contributed by atoms with Gasteiger partial charge in [-0.2, -0.15) is 0 Å². The van der Waals surface area contributed by atoms with Crippen LogP contribution in [0.3, 0.4) is 0 Å². The van der Waals surface area contributed by atoms with Gasteiger partial charge >= 0.3 is 0 Å². The van der Waals surface area contributed by atoms with E-state index in [-0.39, 0.29) is 12.0 Å². The van der Waals surface area contributed by atoms with Gasteiger partial charge in [0.1, 0.15) is 11.0 Å². The summed E-state index contributed by atoms with van der Waals surface area (Å²) in [6.45, 7) is 3.24. The van der Waals surface area contributed by atoms with Crippen molar-refractivity contribution in [3.8, 4) is 11.0 Å². The van der Waals surface area contributed by atoms with Crippen molar-refractivity contribution in [2.24, 2.45) is 0 Å². The molecule has 1 amide bonds. The fraction of sp³-hybridized carbons (Fsp3) is 0.316.